The van der Waals surface area contributed by atoms with Gasteiger partial charge in [0.2, 0.25) is 0 Å². The number of amides is 1. The number of carbonyl (C=O) groups is 2. The molecule has 0 radical (unpaired) electrons. The van der Waals surface area contributed by atoms with Gasteiger partial charge in [0, 0.05) is 34.2 Å². The number of hydrogen-bond donors (Lipinski definition) is 2. The summed E-state index contributed by atoms with van der Waals surface area (Å²) < 4.78 is 1.91. The number of aromatic nitrogens is 2. The van der Waals surface area contributed by atoms with Crippen LogP contribution in [-0.4, -0.2) is 32.6 Å². The number of carbonyl (C=O) groups excluding carboxylic acids is 1. The number of nitrogens with zero attached hydrogens (tertiary/aromatic N) is 2. The highest BCUT2D eigenvalue weighted by Gasteiger charge is 2.28. The largest absolute Gasteiger partial charge is 0.480 e. The van der Waals surface area contributed by atoms with E-state index < -0.39 is 5.97 Å². The van der Waals surface area contributed by atoms with Crippen LogP contribution in [0.4, 0.5) is 0 Å². The van der Waals surface area contributed by atoms with Gasteiger partial charge < -0.3 is 15.0 Å². The van der Waals surface area contributed by atoms with E-state index in [0.29, 0.717) is 11.5 Å². The van der Waals surface area contributed by atoms with E-state index in [1.54, 1.807) is 6.20 Å². The summed E-state index contributed by atoms with van der Waals surface area (Å²) in [5.74, 6) is -0.547. The third-order valence-electron chi connectivity index (χ3n) is 6.92. The van der Waals surface area contributed by atoms with E-state index in [0.717, 1.165) is 53.2 Å². The summed E-state index contributed by atoms with van der Waals surface area (Å²) in [4.78, 5) is 28.8. The van der Waals surface area contributed by atoms with Crippen molar-refractivity contribution in [3.8, 4) is 0 Å². The number of carboxylic acid groups (broad SMARTS) is 1. The van der Waals surface area contributed by atoms with Crippen LogP contribution >= 0.6 is 0 Å². The van der Waals surface area contributed by atoms with E-state index in [1.807, 2.05) is 60.0 Å². The standard InChI is InChI=1S/C27H27N3O3/c1-17-25(21-8-2-3-10-23(21)30(17)16-24(31)32)18-11-13-20(14-12-18)29-27(33)22-9-4-6-19-7-5-15-28-26(19)22/h2-10,15,18,20H,11-14,16H2,1H3,(H,29,33)(H,31,32). The Morgan fingerprint density at radius 3 is 2.58 bits per heavy atom. The molecule has 2 aromatic heterocycles. The second kappa shape index (κ2) is 8.70. The molecule has 4 aromatic rings. The molecule has 0 aliphatic heterocycles. The molecule has 0 bridgehead atoms. The lowest BCUT2D eigenvalue weighted by molar-refractivity contribution is -0.137. The lowest BCUT2D eigenvalue weighted by Crippen LogP contribution is -2.37. The molecule has 1 amide bonds. The molecular weight excluding hydrogens is 414 g/mol. The second-order valence-corrected chi connectivity index (χ2v) is 8.90. The average Bonchev–Trinajstić information content (AvgIpc) is 3.10. The van der Waals surface area contributed by atoms with Crippen molar-refractivity contribution in [2.45, 2.75) is 51.1 Å². The highest BCUT2D eigenvalue weighted by molar-refractivity contribution is 6.05. The van der Waals surface area contributed by atoms with Crippen molar-refractivity contribution in [2.75, 3.05) is 0 Å². The van der Waals surface area contributed by atoms with Crippen LogP contribution in [0.1, 0.15) is 53.2 Å². The summed E-state index contributed by atoms with van der Waals surface area (Å²) in [6.07, 6.45) is 5.42. The van der Waals surface area contributed by atoms with Crippen molar-refractivity contribution in [1.82, 2.24) is 14.9 Å². The van der Waals surface area contributed by atoms with Gasteiger partial charge in [-0.1, -0.05) is 36.4 Å². The normalized spacial score (nSPS) is 18.5. The zero-order valence-corrected chi connectivity index (χ0v) is 18.6. The van der Waals surface area contributed by atoms with Crippen molar-refractivity contribution in [2.24, 2.45) is 0 Å². The predicted octanol–water partition coefficient (Wildman–Crippen LogP) is 5.04. The topological polar surface area (TPSA) is 84.2 Å². The summed E-state index contributed by atoms with van der Waals surface area (Å²) in [5.41, 5.74) is 4.62. The molecule has 5 rings (SSSR count). The van der Waals surface area contributed by atoms with E-state index in [-0.39, 0.29) is 18.5 Å². The summed E-state index contributed by atoms with van der Waals surface area (Å²) >= 11 is 0. The monoisotopic (exact) mass is 441 g/mol. The van der Waals surface area contributed by atoms with Crippen LogP contribution < -0.4 is 5.32 Å². The number of aliphatic carboxylic acids is 1. The number of para-hydroxylation sites is 2. The smallest absolute Gasteiger partial charge is 0.323 e. The number of hydrogen-bond acceptors (Lipinski definition) is 3. The molecule has 0 atom stereocenters. The van der Waals surface area contributed by atoms with Crippen molar-refractivity contribution >= 4 is 33.7 Å². The Bertz CT molecular complexity index is 1340. The van der Waals surface area contributed by atoms with Crippen molar-refractivity contribution in [1.29, 1.82) is 0 Å². The fraction of sp³-hybridized carbons (Fsp3) is 0.296. The maximum atomic E-state index is 13.0. The van der Waals surface area contributed by atoms with Gasteiger partial charge in [-0.3, -0.25) is 14.6 Å². The number of benzene rings is 2. The van der Waals surface area contributed by atoms with Gasteiger partial charge in [0.15, 0.2) is 0 Å². The summed E-state index contributed by atoms with van der Waals surface area (Å²) in [5, 5.41) is 14.7. The van der Waals surface area contributed by atoms with Crippen molar-refractivity contribution < 1.29 is 14.7 Å². The summed E-state index contributed by atoms with van der Waals surface area (Å²) in [7, 11) is 0. The predicted molar refractivity (Wildman–Crippen MR) is 129 cm³/mol. The zero-order chi connectivity index (χ0) is 22.9. The highest BCUT2D eigenvalue weighted by Crippen LogP contribution is 2.40. The molecule has 2 heterocycles. The first kappa shape index (κ1) is 21.2. The molecule has 2 N–H and O–H groups in total. The fourth-order valence-electron chi connectivity index (χ4n) is 5.39. The van der Waals surface area contributed by atoms with E-state index in [1.165, 1.54) is 5.56 Å². The Hall–Kier alpha value is -3.67. The number of nitrogens with one attached hydrogen (secondary N) is 1. The van der Waals surface area contributed by atoms with Crippen LogP contribution in [0.3, 0.4) is 0 Å². The average molecular weight is 442 g/mol. The quantitative estimate of drug-likeness (QED) is 0.454. The van der Waals surface area contributed by atoms with E-state index in [2.05, 4.69) is 16.4 Å². The van der Waals surface area contributed by atoms with Crippen LogP contribution in [0.15, 0.2) is 60.8 Å². The molecule has 0 spiro atoms. The number of pyridine rings is 1. The number of carboxylic acids is 1. The van der Waals surface area contributed by atoms with Crippen LogP contribution in [0.5, 0.6) is 0 Å². The first-order chi connectivity index (χ1) is 16.0. The molecule has 1 saturated carbocycles. The lowest BCUT2D eigenvalue weighted by atomic mass is 9.80. The second-order valence-electron chi connectivity index (χ2n) is 8.90. The van der Waals surface area contributed by atoms with Gasteiger partial charge in [0.1, 0.15) is 6.54 Å². The van der Waals surface area contributed by atoms with E-state index in [4.69, 9.17) is 0 Å². The lowest BCUT2D eigenvalue weighted by Gasteiger charge is -2.30. The van der Waals surface area contributed by atoms with Gasteiger partial charge in [0.05, 0.1) is 11.1 Å². The first-order valence-corrected chi connectivity index (χ1v) is 11.5. The molecule has 1 aliphatic rings. The minimum atomic E-state index is -0.834. The Labute approximate surface area is 192 Å². The molecular formula is C27H27N3O3. The van der Waals surface area contributed by atoms with Crippen LogP contribution in [-0.2, 0) is 11.3 Å². The van der Waals surface area contributed by atoms with Gasteiger partial charge in [-0.2, -0.15) is 0 Å². The van der Waals surface area contributed by atoms with Gasteiger partial charge in [-0.25, -0.2) is 0 Å². The molecule has 6 heteroatoms. The van der Waals surface area contributed by atoms with Gasteiger partial charge >= 0.3 is 5.97 Å². The molecule has 6 nitrogen and oxygen atoms in total. The SMILES string of the molecule is Cc1c(C2CCC(NC(=O)c3cccc4cccnc34)CC2)c2ccccc2n1CC(=O)O. The fourth-order valence-corrected chi connectivity index (χ4v) is 5.39. The maximum Gasteiger partial charge on any atom is 0.323 e. The Balaban J connectivity index is 1.33. The van der Waals surface area contributed by atoms with Crippen molar-refractivity contribution in [3.63, 3.8) is 0 Å². The zero-order valence-electron chi connectivity index (χ0n) is 18.6. The minimum absolute atomic E-state index is 0.0309. The highest BCUT2D eigenvalue weighted by atomic mass is 16.4. The third kappa shape index (κ3) is 3.97. The van der Waals surface area contributed by atoms with Crippen LogP contribution in [0, 0.1) is 6.92 Å². The Kier molecular flexibility index (Phi) is 5.58. The third-order valence-corrected chi connectivity index (χ3v) is 6.92. The van der Waals surface area contributed by atoms with Crippen LogP contribution in [0.25, 0.3) is 21.8 Å². The maximum absolute atomic E-state index is 13.0. The van der Waals surface area contributed by atoms with Gasteiger partial charge in [-0.05, 0) is 62.3 Å². The number of rotatable bonds is 5. The summed E-state index contributed by atoms with van der Waals surface area (Å²) in [6, 6.07) is 17.7. The van der Waals surface area contributed by atoms with E-state index >= 15 is 0 Å². The molecule has 0 saturated heterocycles. The molecule has 168 valence electrons. The number of fused-ring (bicyclic) bond motifs is 2. The van der Waals surface area contributed by atoms with Crippen LogP contribution in [0.2, 0.25) is 0 Å². The first-order valence-electron chi connectivity index (χ1n) is 11.5. The molecule has 1 aliphatic carbocycles. The van der Waals surface area contributed by atoms with Gasteiger partial charge in [0.25, 0.3) is 5.91 Å². The Morgan fingerprint density at radius 1 is 1.03 bits per heavy atom. The van der Waals surface area contributed by atoms with E-state index in [9.17, 15) is 14.7 Å². The summed E-state index contributed by atoms with van der Waals surface area (Å²) in [6.45, 7) is 2.00. The molecule has 33 heavy (non-hydrogen) atoms. The van der Waals surface area contributed by atoms with Crippen molar-refractivity contribution in [3.05, 3.63) is 77.6 Å². The minimum Gasteiger partial charge on any atom is -0.480 e. The Morgan fingerprint density at radius 2 is 1.79 bits per heavy atom. The molecule has 0 unspecified atom stereocenters. The molecule has 2 aromatic carbocycles. The molecule has 1 fully saturated rings. The van der Waals surface area contributed by atoms with Gasteiger partial charge in [-0.15, -0.1) is 0 Å².